The molecule has 1 atom stereocenters. The second-order valence-corrected chi connectivity index (χ2v) is 3.80. The number of carbonyl (C=O) groups excluding carboxylic acids is 2. The third kappa shape index (κ3) is 5.80. The van der Waals surface area contributed by atoms with Crippen molar-refractivity contribution in [3.63, 3.8) is 0 Å². The zero-order valence-corrected chi connectivity index (χ0v) is 9.52. The Morgan fingerprint density at radius 2 is 1.86 bits per heavy atom. The van der Waals surface area contributed by atoms with E-state index >= 15 is 0 Å². The number of rotatable bonds is 5. The zero-order valence-electron chi connectivity index (χ0n) is 8.76. The normalized spacial score (nSPS) is 12.4. The van der Waals surface area contributed by atoms with Crippen LogP contribution in [0.25, 0.3) is 0 Å². The molecule has 82 valence electrons. The topological polar surface area (TPSA) is 58.2 Å². The molecule has 2 N–H and O–H groups in total. The van der Waals surface area contributed by atoms with Gasteiger partial charge in [-0.3, -0.25) is 9.59 Å². The van der Waals surface area contributed by atoms with Crippen LogP contribution in [0.4, 0.5) is 0 Å². The fraction of sp³-hybridized carbons (Fsp3) is 0.778. The Bertz CT molecular complexity index is 207. The Morgan fingerprint density at radius 3 is 2.29 bits per heavy atom. The van der Waals surface area contributed by atoms with E-state index in [1.807, 2.05) is 13.8 Å². The molecule has 0 aromatic carbocycles. The van der Waals surface area contributed by atoms with Crippen molar-refractivity contribution < 1.29 is 9.59 Å². The predicted octanol–water partition coefficient (Wildman–Crippen LogP) is 0.502. The Morgan fingerprint density at radius 1 is 1.29 bits per heavy atom. The largest absolute Gasteiger partial charge is 0.352 e. The lowest BCUT2D eigenvalue weighted by atomic mass is 10.2. The van der Waals surface area contributed by atoms with Crippen LogP contribution < -0.4 is 10.6 Å². The number of hydrogen-bond donors (Lipinski definition) is 2. The molecule has 0 aromatic rings. The molecule has 0 aliphatic rings. The highest BCUT2D eigenvalue weighted by molar-refractivity contribution is 6.19. The molecule has 0 aliphatic carbocycles. The van der Waals surface area contributed by atoms with Crippen molar-refractivity contribution in [2.45, 2.75) is 26.8 Å². The van der Waals surface area contributed by atoms with Gasteiger partial charge in [0.15, 0.2) is 0 Å². The molecule has 0 fully saturated rings. The number of halogens is 1. The first-order valence-electron chi connectivity index (χ1n) is 4.60. The van der Waals surface area contributed by atoms with Crippen molar-refractivity contribution in [1.29, 1.82) is 0 Å². The molecular formula is C9H17ClN2O2. The maximum atomic E-state index is 11.2. The third-order valence-corrected chi connectivity index (χ3v) is 2.01. The van der Waals surface area contributed by atoms with Crippen LogP contribution in [0.1, 0.15) is 20.8 Å². The van der Waals surface area contributed by atoms with Gasteiger partial charge in [0.25, 0.3) is 0 Å². The van der Waals surface area contributed by atoms with Crippen LogP contribution in [-0.2, 0) is 9.59 Å². The Labute approximate surface area is 89.4 Å². The van der Waals surface area contributed by atoms with Gasteiger partial charge in [-0.1, -0.05) is 6.92 Å². The van der Waals surface area contributed by atoms with Crippen LogP contribution in [0.3, 0.4) is 0 Å². The molecule has 2 amide bonds. The number of alkyl halides is 1. The summed E-state index contributed by atoms with van der Waals surface area (Å²) in [5, 5.41) is 5.17. The summed E-state index contributed by atoms with van der Waals surface area (Å²) in [6.45, 7) is 5.45. The van der Waals surface area contributed by atoms with E-state index in [-0.39, 0.29) is 36.2 Å². The van der Waals surface area contributed by atoms with Crippen molar-refractivity contribution in [3.8, 4) is 0 Å². The minimum atomic E-state index is -0.261. The van der Waals surface area contributed by atoms with Crippen molar-refractivity contribution in [1.82, 2.24) is 10.6 Å². The molecule has 0 bridgehead atoms. The van der Waals surface area contributed by atoms with Gasteiger partial charge in [0.1, 0.15) is 0 Å². The van der Waals surface area contributed by atoms with Gasteiger partial charge in [-0.05, 0) is 13.8 Å². The van der Waals surface area contributed by atoms with E-state index in [1.165, 1.54) is 0 Å². The molecule has 0 heterocycles. The van der Waals surface area contributed by atoms with Crippen molar-refractivity contribution in [2.24, 2.45) is 5.92 Å². The highest BCUT2D eigenvalue weighted by Gasteiger charge is 2.12. The van der Waals surface area contributed by atoms with Crippen molar-refractivity contribution in [3.05, 3.63) is 0 Å². The molecule has 14 heavy (non-hydrogen) atoms. The summed E-state index contributed by atoms with van der Waals surface area (Å²) < 4.78 is 0. The fourth-order valence-electron chi connectivity index (χ4n) is 0.785. The van der Waals surface area contributed by atoms with Crippen molar-refractivity contribution in [2.75, 3.05) is 12.4 Å². The average molecular weight is 221 g/mol. The van der Waals surface area contributed by atoms with Crippen LogP contribution >= 0.6 is 11.6 Å². The van der Waals surface area contributed by atoms with Gasteiger partial charge < -0.3 is 10.6 Å². The first kappa shape index (κ1) is 13.2. The van der Waals surface area contributed by atoms with Crippen LogP contribution in [0.2, 0.25) is 0 Å². The SMILES string of the molecule is CC(C)NC(=O)CNC(=O)C(C)CCl. The van der Waals surface area contributed by atoms with E-state index in [9.17, 15) is 9.59 Å². The van der Waals surface area contributed by atoms with Crippen LogP contribution in [0.15, 0.2) is 0 Å². The highest BCUT2D eigenvalue weighted by atomic mass is 35.5. The molecule has 5 heteroatoms. The highest BCUT2D eigenvalue weighted by Crippen LogP contribution is 1.96. The maximum Gasteiger partial charge on any atom is 0.239 e. The number of hydrogen-bond acceptors (Lipinski definition) is 2. The number of amides is 2. The summed E-state index contributed by atoms with van der Waals surface area (Å²) in [6, 6.07) is 0.0878. The zero-order chi connectivity index (χ0) is 11.1. The minimum Gasteiger partial charge on any atom is -0.352 e. The van der Waals surface area contributed by atoms with Gasteiger partial charge in [-0.2, -0.15) is 0 Å². The third-order valence-electron chi connectivity index (χ3n) is 1.55. The van der Waals surface area contributed by atoms with Crippen LogP contribution in [-0.4, -0.2) is 30.3 Å². The van der Waals surface area contributed by atoms with E-state index in [2.05, 4.69) is 10.6 Å². The molecule has 0 rings (SSSR count). The molecule has 0 saturated carbocycles. The van der Waals surface area contributed by atoms with Crippen LogP contribution in [0, 0.1) is 5.92 Å². The Kier molecular flexibility index (Phi) is 6.28. The van der Waals surface area contributed by atoms with E-state index in [1.54, 1.807) is 6.92 Å². The molecule has 1 unspecified atom stereocenters. The lowest BCUT2D eigenvalue weighted by Crippen LogP contribution is -2.41. The molecule has 0 spiro atoms. The smallest absolute Gasteiger partial charge is 0.239 e. The van der Waals surface area contributed by atoms with Gasteiger partial charge in [0.2, 0.25) is 11.8 Å². The first-order chi connectivity index (χ1) is 6.47. The Balaban J connectivity index is 3.72. The molecule has 0 saturated heterocycles. The Hall–Kier alpha value is -0.770. The summed E-state index contributed by atoms with van der Waals surface area (Å²) in [7, 11) is 0. The second-order valence-electron chi connectivity index (χ2n) is 3.50. The molecule has 4 nitrogen and oxygen atoms in total. The van der Waals surface area contributed by atoms with Crippen LogP contribution in [0.5, 0.6) is 0 Å². The van der Waals surface area contributed by atoms with Gasteiger partial charge in [-0.25, -0.2) is 0 Å². The van der Waals surface area contributed by atoms with E-state index in [0.29, 0.717) is 0 Å². The predicted molar refractivity (Wildman–Crippen MR) is 56.2 cm³/mol. The lowest BCUT2D eigenvalue weighted by Gasteiger charge is -2.11. The summed E-state index contributed by atoms with van der Waals surface area (Å²) >= 11 is 5.49. The average Bonchev–Trinajstić information content (AvgIpc) is 2.11. The molecule has 0 radical (unpaired) electrons. The standard InChI is InChI=1S/C9H17ClN2O2/c1-6(2)12-8(13)5-11-9(14)7(3)4-10/h6-7H,4-5H2,1-3H3,(H,11,14)(H,12,13). The van der Waals surface area contributed by atoms with Gasteiger partial charge in [-0.15, -0.1) is 11.6 Å². The van der Waals surface area contributed by atoms with Gasteiger partial charge in [0.05, 0.1) is 6.54 Å². The molecular weight excluding hydrogens is 204 g/mol. The number of nitrogens with one attached hydrogen (secondary N) is 2. The first-order valence-corrected chi connectivity index (χ1v) is 5.13. The monoisotopic (exact) mass is 220 g/mol. The lowest BCUT2D eigenvalue weighted by molar-refractivity contribution is -0.128. The molecule has 0 aliphatic heterocycles. The summed E-state index contributed by atoms with van der Waals surface area (Å²) in [4.78, 5) is 22.3. The fourth-order valence-corrected chi connectivity index (χ4v) is 0.925. The van der Waals surface area contributed by atoms with Gasteiger partial charge >= 0.3 is 0 Å². The second kappa shape index (κ2) is 6.65. The van der Waals surface area contributed by atoms with Gasteiger partial charge in [0, 0.05) is 17.8 Å². The maximum absolute atomic E-state index is 11.2. The molecule has 0 aromatic heterocycles. The van der Waals surface area contributed by atoms with Crippen molar-refractivity contribution >= 4 is 23.4 Å². The van der Waals surface area contributed by atoms with E-state index < -0.39 is 0 Å². The quantitative estimate of drug-likeness (QED) is 0.663. The summed E-state index contributed by atoms with van der Waals surface area (Å²) in [5.74, 6) is -0.380. The van der Waals surface area contributed by atoms with E-state index in [0.717, 1.165) is 0 Å². The summed E-state index contributed by atoms with van der Waals surface area (Å²) in [5.41, 5.74) is 0. The van der Waals surface area contributed by atoms with E-state index in [4.69, 9.17) is 11.6 Å². The summed E-state index contributed by atoms with van der Waals surface area (Å²) in [6.07, 6.45) is 0. The minimum absolute atomic E-state index is 0.0121. The number of carbonyl (C=O) groups is 2.